The molecule has 0 aromatic carbocycles. The lowest BCUT2D eigenvalue weighted by Crippen LogP contribution is -2.33. The van der Waals surface area contributed by atoms with Crippen molar-refractivity contribution in [1.29, 1.82) is 0 Å². The van der Waals surface area contributed by atoms with Crippen molar-refractivity contribution in [2.75, 3.05) is 13.6 Å². The SMILES string of the molecule is CCC(CC)NS(=O)(=O)c1cnn(CCCNC)c1. The first kappa shape index (κ1) is 16.1. The summed E-state index contributed by atoms with van der Waals surface area (Å²) in [7, 11) is -1.55. The minimum absolute atomic E-state index is 0.0161. The molecular formula is C12H24N4O2S. The van der Waals surface area contributed by atoms with Crippen LogP contribution in [-0.4, -0.2) is 37.8 Å². The largest absolute Gasteiger partial charge is 0.320 e. The summed E-state index contributed by atoms with van der Waals surface area (Å²) >= 11 is 0. The highest BCUT2D eigenvalue weighted by Crippen LogP contribution is 2.10. The molecule has 0 radical (unpaired) electrons. The zero-order valence-electron chi connectivity index (χ0n) is 11.9. The van der Waals surface area contributed by atoms with E-state index in [-0.39, 0.29) is 10.9 Å². The number of rotatable bonds is 9. The van der Waals surface area contributed by atoms with Crippen LogP contribution in [0.2, 0.25) is 0 Å². The minimum atomic E-state index is -3.44. The van der Waals surface area contributed by atoms with Crippen molar-refractivity contribution < 1.29 is 8.42 Å². The molecule has 1 aromatic rings. The van der Waals surface area contributed by atoms with Crippen LogP contribution < -0.4 is 10.0 Å². The summed E-state index contributed by atoms with van der Waals surface area (Å²) in [5.74, 6) is 0. The molecule has 7 heteroatoms. The molecule has 0 unspecified atom stereocenters. The standard InChI is InChI=1S/C12H24N4O2S/c1-4-11(5-2)15-19(17,18)12-9-14-16(10-12)8-6-7-13-3/h9-11,13,15H,4-8H2,1-3H3. The Labute approximate surface area is 115 Å². The predicted molar refractivity (Wildman–Crippen MR) is 75.5 cm³/mol. The molecule has 110 valence electrons. The van der Waals surface area contributed by atoms with E-state index in [0.29, 0.717) is 6.54 Å². The molecule has 0 spiro atoms. The van der Waals surface area contributed by atoms with Gasteiger partial charge < -0.3 is 5.32 Å². The molecule has 1 aromatic heterocycles. The monoisotopic (exact) mass is 288 g/mol. The first-order chi connectivity index (χ1) is 9.03. The summed E-state index contributed by atoms with van der Waals surface area (Å²) in [4.78, 5) is 0.240. The molecule has 0 aliphatic heterocycles. The average Bonchev–Trinajstić information content (AvgIpc) is 2.86. The van der Waals surface area contributed by atoms with E-state index in [1.165, 1.54) is 6.20 Å². The topological polar surface area (TPSA) is 76.0 Å². The number of sulfonamides is 1. The summed E-state index contributed by atoms with van der Waals surface area (Å²) < 4.78 is 28.6. The zero-order chi connectivity index (χ0) is 14.3. The van der Waals surface area contributed by atoms with Gasteiger partial charge in [-0.05, 0) is 32.9 Å². The molecule has 0 saturated carbocycles. The fourth-order valence-electron chi connectivity index (χ4n) is 1.77. The maximum atomic E-state index is 12.1. The second kappa shape index (κ2) is 7.62. The van der Waals surface area contributed by atoms with Crippen LogP contribution in [0, 0.1) is 0 Å². The molecule has 1 rings (SSSR count). The van der Waals surface area contributed by atoms with Crippen LogP contribution in [0.15, 0.2) is 17.3 Å². The van der Waals surface area contributed by atoms with Gasteiger partial charge in [0.2, 0.25) is 10.0 Å². The van der Waals surface area contributed by atoms with Crippen LogP contribution in [-0.2, 0) is 16.6 Å². The third-order valence-corrected chi connectivity index (χ3v) is 4.52. The Morgan fingerprint density at radius 1 is 1.37 bits per heavy atom. The minimum Gasteiger partial charge on any atom is -0.320 e. The molecule has 0 aliphatic rings. The van der Waals surface area contributed by atoms with Crippen LogP contribution in [0.3, 0.4) is 0 Å². The van der Waals surface area contributed by atoms with E-state index in [9.17, 15) is 8.42 Å². The van der Waals surface area contributed by atoms with Crippen LogP contribution in [0.4, 0.5) is 0 Å². The fourth-order valence-corrected chi connectivity index (χ4v) is 3.12. The average molecular weight is 288 g/mol. The smallest absolute Gasteiger partial charge is 0.243 e. The maximum Gasteiger partial charge on any atom is 0.243 e. The zero-order valence-corrected chi connectivity index (χ0v) is 12.7. The normalized spacial score (nSPS) is 12.2. The van der Waals surface area contributed by atoms with E-state index in [4.69, 9.17) is 0 Å². The lowest BCUT2D eigenvalue weighted by Gasteiger charge is -2.13. The van der Waals surface area contributed by atoms with Gasteiger partial charge in [-0.1, -0.05) is 13.8 Å². The van der Waals surface area contributed by atoms with E-state index in [0.717, 1.165) is 25.8 Å². The fraction of sp³-hybridized carbons (Fsp3) is 0.750. The Bertz CT molecular complexity index is 466. The Balaban J connectivity index is 2.68. The van der Waals surface area contributed by atoms with Crippen molar-refractivity contribution >= 4 is 10.0 Å². The first-order valence-corrected chi connectivity index (χ1v) is 8.21. The van der Waals surface area contributed by atoms with Gasteiger partial charge in [0.25, 0.3) is 0 Å². The van der Waals surface area contributed by atoms with Crippen molar-refractivity contribution in [2.45, 2.75) is 50.6 Å². The highest BCUT2D eigenvalue weighted by Gasteiger charge is 2.19. The Hall–Kier alpha value is -0.920. The molecule has 0 bridgehead atoms. The third kappa shape index (κ3) is 4.93. The van der Waals surface area contributed by atoms with Gasteiger partial charge in [-0.3, -0.25) is 4.68 Å². The molecule has 2 N–H and O–H groups in total. The van der Waals surface area contributed by atoms with Gasteiger partial charge in [0.05, 0.1) is 6.20 Å². The number of aryl methyl sites for hydroxylation is 1. The number of aromatic nitrogens is 2. The van der Waals surface area contributed by atoms with Crippen molar-refractivity contribution in [1.82, 2.24) is 19.8 Å². The van der Waals surface area contributed by atoms with Crippen molar-refractivity contribution in [3.05, 3.63) is 12.4 Å². The molecular weight excluding hydrogens is 264 g/mol. The highest BCUT2D eigenvalue weighted by atomic mass is 32.2. The van der Waals surface area contributed by atoms with Crippen molar-refractivity contribution in [2.24, 2.45) is 0 Å². The molecule has 0 amide bonds. The quantitative estimate of drug-likeness (QED) is 0.664. The molecule has 0 saturated heterocycles. The molecule has 0 aliphatic carbocycles. The molecule has 1 heterocycles. The summed E-state index contributed by atoms with van der Waals surface area (Å²) in [5.41, 5.74) is 0. The third-order valence-electron chi connectivity index (χ3n) is 3.04. The van der Waals surface area contributed by atoms with Crippen LogP contribution in [0.25, 0.3) is 0 Å². The van der Waals surface area contributed by atoms with Gasteiger partial charge in [-0.15, -0.1) is 0 Å². The van der Waals surface area contributed by atoms with Crippen LogP contribution in [0.1, 0.15) is 33.1 Å². The highest BCUT2D eigenvalue weighted by molar-refractivity contribution is 7.89. The summed E-state index contributed by atoms with van der Waals surface area (Å²) in [6.45, 7) is 5.53. The summed E-state index contributed by atoms with van der Waals surface area (Å²) in [6.07, 6.45) is 5.47. The number of hydrogen-bond acceptors (Lipinski definition) is 4. The van der Waals surface area contributed by atoms with E-state index in [2.05, 4.69) is 15.1 Å². The molecule has 6 nitrogen and oxygen atoms in total. The Kier molecular flexibility index (Phi) is 6.47. The number of nitrogens with zero attached hydrogens (tertiary/aromatic N) is 2. The number of nitrogens with one attached hydrogen (secondary N) is 2. The summed E-state index contributed by atoms with van der Waals surface area (Å²) in [6, 6.07) is -0.0161. The van der Waals surface area contributed by atoms with E-state index in [1.54, 1.807) is 10.9 Å². The second-order valence-electron chi connectivity index (χ2n) is 4.53. The molecule has 0 atom stereocenters. The van der Waals surface area contributed by atoms with E-state index in [1.807, 2.05) is 20.9 Å². The van der Waals surface area contributed by atoms with Gasteiger partial charge >= 0.3 is 0 Å². The van der Waals surface area contributed by atoms with Crippen LogP contribution in [0.5, 0.6) is 0 Å². The summed E-state index contributed by atoms with van der Waals surface area (Å²) in [5, 5.41) is 7.13. The van der Waals surface area contributed by atoms with E-state index < -0.39 is 10.0 Å². The molecule has 0 fully saturated rings. The van der Waals surface area contributed by atoms with Gasteiger partial charge in [0, 0.05) is 18.8 Å². The Morgan fingerprint density at radius 2 is 2.05 bits per heavy atom. The first-order valence-electron chi connectivity index (χ1n) is 6.72. The lowest BCUT2D eigenvalue weighted by atomic mass is 10.2. The second-order valence-corrected chi connectivity index (χ2v) is 6.24. The predicted octanol–water partition coefficient (Wildman–Crippen LogP) is 0.960. The van der Waals surface area contributed by atoms with Crippen molar-refractivity contribution in [3.8, 4) is 0 Å². The molecule has 19 heavy (non-hydrogen) atoms. The lowest BCUT2D eigenvalue weighted by molar-refractivity contribution is 0.529. The number of hydrogen-bond donors (Lipinski definition) is 2. The van der Waals surface area contributed by atoms with Gasteiger partial charge in [-0.25, -0.2) is 13.1 Å². The van der Waals surface area contributed by atoms with Gasteiger partial charge in [0.1, 0.15) is 4.90 Å². The van der Waals surface area contributed by atoms with Gasteiger partial charge in [-0.2, -0.15) is 5.10 Å². The van der Waals surface area contributed by atoms with Crippen LogP contribution >= 0.6 is 0 Å². The van der Waals surface area contributed by atoms with Gasteiger partial charge in [0.15, 0.2) is 0 Å². The Morgan fingerprint density at radius 3 is 2.63 bits per heavy atom. The van der Waals surface area contributed by atoms with Crippen molar-refractivity contribution in [3.63, 3.8) is 0 Å². The maximum absolute atomic E-state index is 12.1. The van der Waals surface area contributed by atoms with E-state index >= 15 is 0 Å².